The molecule has 0 heterocycles. The average molecular weight is 513 g/mol. The minimum absolute atomic E-state index is 0.0327. The fraction of sp³-hybridized carbons (Fsp3) is 0.667. The fourth-order valence-corrected chi connectivity index (χ4v) is 10.8. The number of esters is 1. The van der Waals surface area contributed by atoms with Gasteiger partial charge >= 0.3 is 5.97 Å². The highest BCUT2D eigenvalue weighted by atomic mass is 32.2. The van der Waals surface area contributed by atoms with E-state index in [1.165, 1.54) is 18.1 Å². The van der Waals surface area contributed by atoms with Gasteiger partial charge in [-0.25, -0.2) is 0 Å². The first-order valence-corrected chi connectivity index (χ1v) is 14.8. The van der Waals surface area contributed by atoms with Crippen LogP contribution in [0.3, 0.4) is 0 Å². The Balaban J connectivity index is 1.41. The summed E-state index contributed by atoms with van der Waals surface area (Å²) >= 11 is 7.25. The lowest BCUT2D eigenvalue weighted by Crippen LogP contribution is -2.56. The van der Waals surface area contributed by atoms with Gasteiger partial charge in [0.15, 0.2) is 0 Å². The normalized spacial score (nSPS) is 42.3. The minimum Gasteiger partial charge on any atom is -0.462 e. The number of rotatable bonds is 5. The number of Topliss-reactive ketones (excluding diaryl/α,β-unsaturated/α-hetero) is 1. The SMILES string of the molecule is CC(=O)O[C@H]1CC[C@@]2(C)C(=CCC3C2CC[C@@]2(C)C3C[C@H](SCc3ccccc3)[C@]2(S)C(C)=O)C1. The second-order valence-electron chi connectivity index (χ2n) is 12.0. The van der Waals surface area contributed by atoms with Crippen LogP contribution in [0.25, 0.3) is 0 Å². The maximum absolute atomic E-state index is 13.3. The summed E-state index contributed by atoms with van der Waals surface area (Å²) in [6.45, 7) is 8.15. The van der Waals surface area contributed by atoms with Crippen molar-refractivity contribution in [3.05, 3.63) is 47.5 Å². The zero-order valence-corrected chi connectivity index (χ0v) is 23.3. The van der Waals surface area contributed by atoms with Crippen molar-refractivity contribution in [2.45, 2.75) is 94.5 Å². The molecule has 190 valence electrons. The Labute approximate surface area is 220 Å². The Morgan fingerprint density at radius 3 is 2.51 bits per heavy atom. The van der Waals surface area contributed by atoms with Gasteiger partial charge in [0.2, 0.25) is 0 Å². The maximum atomic E-state index is 13.3. The first-order chi connectivity index (χ1) is 16.6. The molecule has 0 aromatic heterocycles. The number of carbonyl (C=O) groups excluding carboxylic acids is 2. The van der Waals surface area contributed by atoms with Crippen molar-refractivity contribution < 1.29 is 14.3 Å². The lowest BCUT2D eigenvalue weighted by Gasteiger charge is -2.59. The molecular weight excluding hydrogens is 472 g/mol. The van der Waals surface area contributed by atoms with E-state index < -0.39 is 4.75 Å². The molecule has 8 atom stereocenters. The molecule has 3 fully saturated rings. The van der Waals surface area contributed by atoms with Gasteiger partial charge in [-0.15, -0.1) is 0 Å². The summed E-state index contributed by atoms with van der Waals surface area (Å²) in [5.74, 6) is 2.76. The minimum atomic E-state index is -0.583. The van der Waals surface area contributed by atoms with Gasteiger partial charge in [-0.2, -0.15) is 24.4 Å². The maximum Gasteiger partial charge on any atom is 0.302 e. The Morgan fingerprint density at radius 1 is 1.09 bits per heavy atom. The molecule has 1 aromatic carbocycles. The highest BCUT2D eigenvalue weighted by Gasteiger charge is 2.68. The highest BCUT2D eigenvalue weighted by Crippen LogP contribution is 2.70. The molecule has 3 nitrogen and oxygen atoms in total. The third-order valence-corrected chi connectivity index (χ3v) is 13.2. The molecule has 5 rings (SSSR count). The largest absolute Gasteiger partial charge is 0.462 e. The van der Waals surface area contributed by atoms with E-state index in [9.17, 15) is 9.59 Å². The summed E-state index contributed by atoms with van der Waals surface area (Å²) in [6.07, 6.45) is 9.85. The number of ether oxygens (including phenoxy) is 1. The summed E-state index contributed by atoms with van der Waals surface area (Å²) in [6, 6.07) is 10.6. The molecule has 0 radical (unpaired) electrons. The van der Waals surface area contributed by atoms with E-state index in [1.807, 2.05) is 11.8 Å². The molecule has 0 bridgehead atoms. The van der Waals surface area contributed by atoms with E-state index in [-0.39, 0.29) is 33.9 Å². The van der Waals surface area contributed by atoms with Gasteiger partial charge in [0.25, 0.3) is 0 Å². The molecule has 3 unspecified atom stereocenters. The number of carbonyl (C=O) groups is 2. The van der Waals surface area contributed by atoms with Crippen LogP contribution in [-0.2, 0) is 20.1 Å². The second kappa shape index (κ2) is 9.28. The van der Waals surface area contributed by atoms with Gasteiger partial charge in [0, 0.05) is 24.3 Å². The Morgan fingerprint density at radius 2 is 1.83 bits per heavy atom. The first-order valence-electron chi connectivity index (χ1n) is 13.4. The van der Waals surface area contributed by atoms with Crippen molar-refractivity contribution in [1.29, 1.82) is 0 Å². The third-order valence-electron chi connectivity index (χ3n) is 10.4. The number of ketones is 1. The molecule has 0 spiro atoms. The van der Waals surface area contributed by atoms with Crippen LogP contribution in [0.2, 0.25) is 0 Å². The predicted molar refractivity (Wildman–Crippen MR) is 147 cm³/mol. The van der Waals surface area contributed by atoms with E-state index in [1.54, 1.807) is 6.92 Å². The number of thiol groups is 1. The highest BCUT2D eigenvalue weighted by molar-refractivity contribution is 8.00. The van der Waals surface area contributed by atoms with Gasteiger partial charge in [-0.1, -0.05) is 55.8 Å². The summed E-state index contributed by atoms with van der Waals surface area (Å²) in [7, 11) is 0. The molecular formula is C30H40O3S2. The lowest BCUT2D eigenvalue weighted by atomic mass is 9.47. The van der Waals surface area contributed by atoms with Gasteiger partial charge < -0.3 is 4.74 Å². The second-order valence-corrected chi connectivity index (χ2v) is 13.9. The zero-order valence-electron chi connectivity index (χ0n) is 21.6. The molecule has 3 saturated carbocycles. The van der Waals surface area contributed by atoms with Crippen molar-refractivity contribution in [2.24, 2.45) is 28.6 Å². The van der Waals surface area contributed by atoms with Crippen molar-refractivity contribution >= 4 is 36.1 Å². The van der Waals surface area contributed by atoms with Crippen molar-refractivity contribution in [2.75, 3.05) is 0 Å². The van der Waals surface area contributed by atoms with Crippen LogP contribution in [0.1, 0.15) is 78.2 Å². The van der Waals surface area contributed by atoms with E-state index in [2.05, 4.69) is 50.3 Å². The van der Waals surface area contributed by atoms with Gasteiger partial charge in [-0.3, -0.25) is 9.59 Å². The van der Waals surface area contributed by atoms with Crippen molar-refractivity contribution in [1.82, 2.24) is 0 Å². The van der Waals surface area contributed by atoms with E-state index in [4.69, 9.17) is 17.4 Å². The van der Waals surface area contributed by atoms with Gasteiger partial charge in [0.05, 0.1) is 4.75 Å². The standard InChI is InChI=1S/C30H40O3S2/c1-19(31)30(34)27(35-18-21-8-6-5-7-9-21)17-26-24-11-10-22-16-23(33-20(2)32)12-14-28(22,3)25(24)13-15-29(26,30)4/h5-10,23-27,34H,11-18H2,1-4H3/t23-,24?,25?,26?,27-,28-,29-,30+/m0/s1. The number of hydrogen-bond acceptors (Lipinski definition) is 5. The topological polar surface area (TPSA) is 43.4 Å². The van der Waals surface area contributed by atoms with Crippen LogP contribution in [-0.4, -0.2) is 27.9 Å². The van der Waals surface area contributed by atoms with Crippen LogP contribution in [0, 0.1) is 28.6 Å². The van der Waals surface area contributed by atoms with E-state index in [0.717, 1.165) is 50.7 Å². The van der Waals surface area contributed by atoms with Crippen LogP contribution in [0.5, 0.6) is 0 Å². The van der Waals surface area contributed by atoms with Gasteiger partial charge in [0.1, 0.15) is 11.9 Å². The van der Waals surface area contributed by atoms with Crippen LogP contribution < -0.4 is 0 Å². The lowest BCUT2D eigenvalue weighted by molar-refractivity contribution is -0.148. The summed E-state index contributed by atoms with van der Waals surface area (Å²) in [4.78, 5) is 24.8. The molecule has 5 heteroatoms. The smallest absolute Gasteiger partial charge is 0.302 e. The number of thioether (sulfide) groups is 1. The van der Waals surface area contributed by atoms with Crippen molar-refractivity contribution in [3.8, 4) is 0 Å². The van der Waals surface area contributed by atoms with Crippen LogP contribution in [0.4, 0.5) is 0 Å². The molecule has 0 saturated heterocycles. The Bertz CT molecular complexity index is 1020. The average Bonchev–Trinajstić information content (AvgIpc) is 3.06. The third kappa shape index (κ3) is 4.04. The molecule has 4 aliphatic carbocycles. The molecule has 4 aliphatic rings. The quantitative estimate of drug-likeness (QED) is 0.261. The van der Waals surface area contributed by atoms with Gasteiger partial charge in [-0.05, 0) is 79.6 Å². The predicted octanol–water partition coefficient (Wildman–Crippen LogP) is 7.05. The summed E-state index contributed by atoms with van der Waals surface area (Å²) in [5, 5.41) is 0.232. The number of hydrogen-bond donors (Lipinski definition) is 1. The molecule has 1 aromatic rings. The Kier molecular flexibility index (Phi) is 6.74. The number of fused-ring (bicyclic) bond motifs is 5. The number of allylic oxidation sites excluding steroid dienone is 1. The summed E-state index contributed by atoms with van der Waals surface area (Å²) < 4.78 is 5.02. The number of benzene rings is 1. The van der Waals surface area contributed by atoms with E-state index >= 15 is 0 Å². The fourth-order valence-electron chi connectivity index (χ4n) is 8.55. The van der Waals surface area contributed by atoms with Crippen LogP contribution in [0.15, 0.2) is 42.0 Å². The molecule has 0 aliphatic heterocycles. The monoisotopic (exact) mass is 512 g/mol. The zero-order chi connectivity index (χ0) is 25.0. The van der Waals surface area contributed by atoms with Crippen LogP contribution >= 0.6 is 24.4 Å². The first kappa shape index (κ1) is 25.4. The Hall–Kier alpha value is -1.20. The molecule has 0 N–H and O–H groups in total. The van der Waals surface area contributed by atoms with Crippen molar-refractivity contribution in [3.63, 3.8) is 0 Å². The van der Waals surface area contributed by atoms with E-state index in [0.29, 0.717) is 17.8 Å². The molecule has 0 amide bonds. The summed E-state index contributed by atoms with van der Waals surface area (Å²) in [5.41, 5.74) is 2.94. The molecule has 35 heavy (non-hydrogen) atoms.